The number of ether oxygens (including phenoxy) is 1. The van der Waals surface area contributed by atoms with Gasteiger partial charge in [0.05, 0.1) is 17.7 Å². The summed E-state index contributed by atoms with van der Waals surface area (Å²) in [5.41, 5.74) is 0.648. The summed E-state index contributed by atoms with van der Waals surface area (Å²) in [7, 11) is 1.57. The number of hydrogen-bond acceptors (Lipinski definition) is 3. The third-order valence-electron chi connectivity index (χ3n) is 2.04. The Morgan fingerprint density at radius 3 is 2.53 bits per heavy atom. The molecule has 3 nitrogen and oxygen atoms in total. The normalized spacial score (nSPS) is 14.7. The number of hydrogen-bond donors (Lipinski definition) is 2. The van der Waals surface area contributed by atoms with Gasteiger partial charge < -0.3 is 14.9 Å². The van der Waals surface area contributed by atoms with E-state index in [1.165, 1.54) is 0 Å². The van der Waals surface area contributed by atoms with Gasteiger partial charge in [-0.2, -0.15) is 0 Å². The highest BCUT2D eigenvalue weighted by Gasteiger charge is 2.17. The van der Waals surface area contributed by atoms with E-state index in [4.69, 9.17) is 4.74 Å². The lowest BCUT2D eigenvalue weighted by Crippen LogP contribution is -2.19. The monoisotopic (exact) mass is 338 g/mol. The molecular weight excluding hydrogens is 328 g/mol. The Labute approximate surface area is 105 Å². The van der Waals surface area contributed by atoms with E-state index < -0.39 is 12.2 Å². The second-order valence-electron chi connectivity index (χ2n) is 3.06. The number of halogens is 2. The van der Waals surface area contributed by atoms with E-state index in [2.05, 4.69) is 31.9 Å². The van der Waals surface area contributed by atoms with Gasteiger partial charge in [0.25, 0.3) is 0 Å². The summed E-state index contributed by atoms with van der Waals surface area (Å²) in [5, 5.41) is 19.5. The van der Waals surface area contributed by atoms with Gasteiger partial charge in [-0.1, -0.05) is 22.0 Å². The maximum absolute atomic E-state index is 9.74. The third kappa shape index (κ3) is 3.17. The molecule has 84 valence electrons. The second-order valence-corrected chi connectivity index (χ2v) is 4.56. The highest BCUT2D eigenvalue weighted by Crippen LogP contribution is 2.29. The van der Waals surface area contributed by atoms with Crippen LogP contribution in [0, 0.1) is 0 Å². The van der Waals surface area contributed by atoms with Gasteiger partial charge in [-0.05, 0) is 33.6 Å². The van der Waals surface area contributed by atoms with Crippen LogP contribution < -0.4 is 4.74 Å². The second kappa shape index (κ2) is 5.84. The number of aliphatic hydroxyl groups excluding tert-OH is 2. The fourth-order valence-corrected chi connectivity index (χ4v) is 2.09. The van der Waals surface area contributed by atoms with Crippen molar-refractivity contribution < 1.29 is 14.9 Å². The molecule has 0 saturated heterocycles. The molecule has 0 aliphatic rings. The van der Waals surface area contributed by atoms with Gasteiger partial charge in [0.1, 0.15) is 11.9 Å². The SMILES string of the molecule is COc1ccc(C(O)C(O)CBr)cc1Br. The van der Waals surface area contributed by atoms with Crippen LogP contribution >= 0.6 is 31.9 Å². The smallest absolute Gasteiger partial charge is 0.133 e. The molecule has 0 radical (unpaired) electrons. The minimum atomic E-state index is -0.897. The average Bonchev–Trinajstić information content (AvgIpc) is 2.26. The van der Waals surface area contributed by atoms with Gasteiger partial charge in [-0.3, -0.25) is 0 Å². The third-order valence-corrected chi connectivity index (χ3v) is 3.32. The maximum Gasteiger partial charge on any atom is 0.133 e. The van der Waals surface area contributed by atoms with Crippen LogP contribution in [0.5, 0.6) is 5.75 Å². The van der Waals surface area contributed by atoms with Crippen molar-refractivity contribution in [2.24, 2.45) is 0 Å². The largest absolute Gasteiger partial charge is 0.496 e. The van der Waals surface area contributed by atoms with Crippen LogP contribution in [0.2, 0.25) is 0 Å². The standard InChI is InChI=1S/C10H12Br2O3/c1-15-9-3-2-6(4-7(9)12)10(14)8(13)5-11/h2-4,8,10,13-14H,5H2,1H3. The van der Waals surface area contributed by atoms with E-state index >= 15 is 0 Å². The number of methoxy groups -OCH3 is 1. The summed E-state index contributed by atoms with van der Waals surface area (Å²) in [6.07, 6.45) is -1.71. The first-order valence-electron chi connectivity index (χ1n) is 4.35. The van der Waals surface area contributed by atoms with Crippen LogP contribution in [0.15, 0.2) is 22.7 Å². The molecule has 15 heavy (non-hydrogen) atoms. The molecule has 0 amide bonds. The van der Waals surface area contributed by atoms with Gasteiger partial charge in [-0.25, -0.2) is 0 Å². The zero-order chi connectivity index (χ0) is 11.4. The van der Waals surface area contributed by atoms with Crippen molar-refractivity contribution >= 4 is 31.9 Å². The molecule has 5 heteroatoms. The zero-order valence-electron chi connectivity index (χ0n) is 8.15. The van der Waals surface area contributed by atoms with Crippen LogP contribution in [0.4, 0.5) is 0 Å². The molecule has 0 aromatic heterocycles. The van der Waals surface area contributed by atoms with Crippen LogP contribution in [0.25, 0.3) is 0 Å². The average molecular weight is 340 g/mol. The molecule has 0 aliphatic heterocycles. The first kappa shape index (κ1) is 13.0. The number of aliphatic hydroxyl groups is 2. The van der Waals surface area contributed by atoms with Gasteiger partial charge in [0.15, 0.2) is 0 Å². The summed E-state index contributed by atoms with van der Waals surface area (Å²) in [6, 6.07) is 5.19. The van der Waals surface area contributed by atoms with E-state index in [0.29, 0.717) is 16.6 Å². The fraction of sp³-hybridized carbons (Fsp3) is 0.400. The topological polar surface area (TPSA) is 49.7 Å². The fourth-order valence-electron chi connectivity index (χ4n) is 1.17. The molecule has 1 aromatic carbocycles. The van der Waals surface area contributed by atoms with E-state index in [-0.39, 0.29) is 0 Å². The Bertz CT molecular complexity index is 330. The van der Waals surface area contributed by atoms with Gasteiger partial charge >= 0.3 is 0 Å². The molecule has 0 spiro atoms. The van der Waals surface area contributed by atoms with Crippen molar-refractivity contribution in [1.29, 1.82) is 0 Å². The van der Waals surface area contributed by atoms with Crippen molar-refractivity contribution in [3.05, 3.63) is 28.2 Å². The summed E-state index contributed by atoms with van der Waals surface area (Å²) in [4.78, 5) is 0. The molecule has 0 saturated carbocycles. The number of alkyl halides is 1. The molecule has 0 bridgehead atoms. The van der Waals surface area contributed by atoms with E-state index in [1.54, 1.807) is 25.3 Å². The number of benzene rings is 1. The molecule has 2 atom stereocenters. The lowest BCUT2D eigenvalue weighted by molar-refractivity contribution is 0.0342. The van der Waals surface area contributed by atoms with E-state index in [1.807, 2.05) is 0 Å². The molecule has 0 fully saturated rings. The highest BCUT2D eigenvalue weighted by molar-refractivity contribution is 9.10. The zero-order valence-corrected chi connectivity index (χ0v) is 11.3. The lowest BCUT2D eigenvalue weighted by Gasteiger charge is -2.16. The molecule has 2 unspecified atom stereocenters. The van der Waals surface area contributed by atoms with Crippen LogP contribution in [-0.4, -0.2) is 28.8 Å². The minimum Gasteiger partial charge on any atom is -0.496 e. The van der Waals surface area contributed by atoms with Crippen molar-refractivity contribution in [3.63, 3.8) is 0 Å². The minimum absolute atomic E-state index is 0.331. The first-order valence-corrected chi connectivity index (χ1v) is 6.27. The summed E-state index contributed by atoms with van der Waals surface area (Å²) in [6.45, 7) is 0. The van der Waals surface area contributed by atoms with Gasteiger partial charge in [0.2, 0.25) is 0 Å². The quantitative estimate of drug-likeness (QED) is 0.827. The molecule has 0 heterocycles. The predicted molar refractivity (Wildman–Crippen MR) is 65.5 cm³/mol. The van der Waals surface area contributed by atoms with Crippen LogP contribution in [0.3, 0.4) is 0 Å². The Hall–Kier alpha value is -0.100. The van der Waals surface area contributed by atoms with Gasteiger partial charge in [0, 0.05) is 5.33 Å². The van der Waals surface area contributed by atoms with E-state index in [0.717, 1.165) is 4.47 Å². The summed E-state index contributed by atoms with van der Waals surface area (Å²) < 4.78 is 5.82. The Morgan fingerprint density at radius 2 is 2.07 bits per heavy atom. The van der Waals surface area contributed by atoms with Crippen molar-refractivity contribution in [3.8, 4) is 5.75 Å². The maximum atomic E-state index is 9.74. The Kier molecular flexibility index (Phi) is 5.05. The Balaban J connectivity index is 2.92. The first-order chi connectivity index (χ1) is 7.10. The van der Waals surface area contributed by atoms with Crippen molar-refractivity contribution in [1.82, 2.24) is 0 Å². The molecule has 1 rings (SSSR count). The van der Waals surface area contributed by atoms with Crippen LogP contribution in [0.1, 0.15) is 11.7 Å². The molecular formula is C10H12Br2O3. The lowest BCUT2D eigenvalue weighted by atomic mass is 10.1. The van der Waals surface area contributed by atoms with Crippen molar-refractivity contribution in [2.45, 2.75) is 12.2 Å². The molecule has 0 aliphatic carbocycles. The number of rotatable bonds is 4. The summed E-state index contributed by atoms with van der Waals surface area (Å²) >= 11 is 6.43. The molecule has 2 N–H and O–H groups in total. The van der Waals surface area contributed by atoms with Crippen molar-refractivity contribution in [2.75, 3.05) is 12.4 Å². The predicted octanol–water partition coefficient (Wildman–Crippen LogP) is 2.25. The Morgan fingerprint density at radius 1 is 1.40 bits per heavy atom. The molecule has 1 aromatic rings. The highest BCUT2D eigenvalue weighted by atomic mass is 79.9. The van der Waals surface area contributed by atoms with Crippen LogP contribution in [-0.2, 0) is 0 Å². The van der Waals surface area contributed by atoms with E-state index in [9.17, 15) is 10.2 Å². The summed E-state index contributed by atoms with van der Waals surface area (Å²) in [5.74, 6) is 0.694. The van der Waals surface area contributed by atoms with Gasteiger partial charge in [-0.15, -0.1) is 0 Å².